The Balaban J connectivity index is 3.07. The summed E-state index contributed by atoms with van der Waals surface area (Å²) in [7, 11) is 0. The molecule has 0 fully saturated rings. The molecule has 0 aliphatic heterocycles. The van der Waals surface area contributed by atoms with Crippen molar-refractivity contribution in [3.05, 3.63) is 31.2 Å². The average molecular weight is 249 g/mol. The van der Waals surface area contributed by atoms with Crippen LogP contribution in [0.15, 0.2) is 24.3 Å². The van der Waals surface area contributed by atoms with Crippen LogP contribution in [0.3, 0.4) is 0 Å². The van der Waals surface area contributed by atoms with Gasteiger partial charge >= 0.3 is 0 Å². The van der Waals surface area contributed by atoms with Crippen LogP contribution in [0, 0.1) is 6.92 Å². The van der Waals surface area contributed by atoms with E-state index >= 15 is 0 Å². The zero-order valence-electron chi connectivity index (χ0n) is 12.5. The van der Waals surface area contributed by atoms with Gasteiger partial charge in [-0.2, -0.15) is 0 Å². The Bertz CT molecular complexity index is 188. The molecule has 0 spiro atoms. The van der Waals surface area contributed by atoms with Crippen molar-refractivity contribution in [1.29, 1.82) is 0 Å². The highest BCUT2D eigenvalue weighted by atomic mass is 13.9. The monoisotopic (exact) mass is 249 g/mol. The molecule has 0 heteroatoms. The molecule has 0 N–H and O–H groups in total. The van der Waals surface area contributed by atoms with Crippen LogP contribution in [-0.4, -0.2) is 0 Å². The van der Waals surface area contributed by atoms with Gasteiger partial charge < -0.3 is 0 Å². The fraction of sp³-hybridized carbons (Fsp3) is 0.722. The van der Waals surface area contributed by atoms with Crippen LogP contribution in [0.4, 0.5) is 0 Å². The third-order valence-electron chi connectivity index (χ3n) is 3.22. The molecule has 0 saturated heterocycles. The first-order valence-electron chi connectivity index (χ1n) is 8.01. The van der Waals surface area contributed by atoms with Gasteiger partial charge in [0.1, 0.15) is 0 Å². The van der Waals surface area contributed by atoms with Gasteiger partial charge in [0.05, 0.1) is 0 Å². The summed E-state index contributed by atoms with van der Waals surface area (Å²) in [4.78, 5) is 0. The highest BCUT2D eigenvalue weighted by Crippen LogP contribution is 2.08. The first-order valence-corrected chi connectivity index (χ1v) is 8.01. The topological polar surface area (TPSA) is 0 Å². The van der Waals surface area contributed by atoms with Crippen molar-refractivity contribution >= 4 is 0 Å². The lowest BCUT2D eigenvalue weighted by Gasteiger charge is -1.97. The largest absolute Gasteiger partial charge is 0.0885 e. The average Bonchev–Trinajstić information content (AvgIpc) is 2.39. The van der Waals surface area contributed by atoms with Crippen molar-refractivity contribution in [2.24, 2.45) is 0 Å². The second-order valence-corrected chi connectivity index (χ2v) is 5.07. The lowest BCUT2D eigenvalue weighted by Crippen LogP contribution is -1.78. The van der Waals surface area contributed by atoms with Crippen LogP contribution in [0.2, 0.25) is 0 Å². The van der Waals surface area contributed by atoms with Crippen molar-refractivity contribution in [3.63, 3.8) is 0 Å². The summed E-state index contributed by atoms with van der Waals surface area (Å²) in [5.74, 6) is 0. The van der Waals surface area contributed by atoms with Crippen molar-refractivity contribution in [3.8, 4) is 0 Å². The molecule has 0 bridgehead atoms. The minimum absolute atomic E-state index is 0.929. The molecule has 0 aromatic carbocycles. The van der Waals surface area contributed by atoms with Crippen molar-refractivity contribution < 1.29 is 0 Å². The smallest absolute Gasteiger partial charge is 0.0351 e. The number of hydrogen-bond acceptors (Lipinski definition) is 0. The summed E-state index contributed by atoms with van der Waals surface area (Å²) in [6.07, 6.45) is 24.9. The molecule has 0 aromatic heterocycles. The van der Waals surface area contributed by atoms with Crippen molar-refractivity contribution in [2.75, 3.05) is 0 Å². The van der Waals surface area contributed by atoms with Gasteiger partial charge in [0.2, 0.25) is 0 Å². The van der Waals surface area contributed by atoms with E-state index < -0.39 is 0 Å². The van der Waals surface area contributed by atoms with Gasteiger partial charge in [0.15, 0.2) is 0 Å². The Hall–Kier alpha value is -0.520. The second-order valence-electron chi connectivity index (χ2n) is 5.07. The number of rotatable bonds is 13. The van der Waals surface area contributed by atoms with Crippen molar-refractivity contribution in [1.82, 2.24) is 0 Å². The molecular formula is C18H33. The maximum Gasteiger partial charge on any atom is -0.0351 e. The normalized spacial score (nSPS) is 11.9. The first kappa shape index (κ1) is 17.5. The number of hydrogen-bond donors (Lipinski definition) is 0. The van der Waals surface area contributed by atoms with Crippen LogP contribution < -0.4 is 0 Å². The first-order chi connectivity index (χ1) is 8.91. The SMILES string of the molecule is [CH2]CC=CCCCCC=CCCCCCCCC. The second kappa shape index (κ2) is 16.5. The predicted molar refractivity (Wildman–Crippen MR) is 84.7 cm³/mol. The molecule has 0 saturated carbocycles. The summed E-state index contributed by atoms with van der Waals surface area (Å²) >= 11 is 0. The van der Waals surface area contributed by atoms with Crippen LogP contribution in [0.5, 0.6) is 0 Å². The highest BCUT2D eigenvalue weighted by Gasteiger charge is 1.88. The molecule has 0 nitrogen and oxygen atoms in total. The van der Waals surface area contributed by atoms with E-state index in [4.69, 9.17) is 0 Å². The van der Waals surface area contributed by atoms with Gasteiger partial charge in [0, 0.05) is 0 Å². The minimum Gasteiger partial charge on any atom is -0.0885 e. The van der Waals surface area contributed by atoms with Gasteiger partial charge in [-0.05, 0) is 51.9 Å². The Morgan fingerprint density at radius 1 is 0.611 bits per heavy atom. The molecule has 0 aromatic rings. The molecule has 105 valence electrons. The van der Waals surface area contributed by atoms with E-state index in [-0.39, 0.29) is 0 Å². The van der Waals surface area contributed by atoms with Gasteiger partial charge in [0.25, 0.3) is 0 Å². The van der Waals surface area contributed by atoms with E-state index in [0.717, 1.165) is 6.42 Å². The van der Waals surface area contributed by atoms with E-state index in [1.54, 1.807) is 0 Å². The zero-order chi connectivity index (χ0) is 13.3. The third kappa shape index (κ3) is 15.5. The summed E-state index contributed by atoms with van der Waals surface area (Å²) in [6.45, 7) is 6.06. The van der Waals surface area contributed by atoms with Gasteiger partial charge in [-0.15, -0.1) is 0 Å². The summed E-state index contributed by atoms with van der Waals surface area (Å²) in [6, 6.07) is 0. The van der Waals surface area contributed by atoms with Gasteiger partial charge in [-0.25, -0.2) is 0 Å². The van der Waals surface area contributed by atoms with E-state index in [2.05, 4.69) is 38.2 Å². The quantitative estimate of drug-likeness (QED) is 0.254. The molecule has 0 atom stereocenters. The Kier molecular flexibility index (Phi) is 16.0. The third-order valence-corrected chi connectivity index (χ3v) is 3.22. The summed E-state index contributed by atoms with van der Waals surface area (Å²) in [5.41, 5.74) is 0. The molecular weight excluding hydrogens is 216 g/mol. The molecule has 1 radical (unpaired) electrons. The molecule has 0 aliphatic carbocycles. The van der Waals surface area contributed by atoms with Gasteiger partial charge in [-0.3, -0.25) is 0 Å². The maximum atomic E-state index is 3.79. The zero-order valence-corrected chi connectivity index (χ0v) is 12.5. The fourth-order valence-corrected chi connectivity index (χ4v) is 2.04. The van der Waals surface area contributed by atoms with Crippen LogP contribution >= 0.6 is 0 Å². The standard InChI is InChI=1S/C18H33/c1-3-5-7-9-11-13-15-17-18-16-14-12-10-8-6-4-2/h5,7,17-18H,1,3-4,6,8-16H2,2H3. The lowest BCUT2D eigenvalue weighted by molar-refractivity contribution is 0.611. The van der Waals surface area contributed by atoms with Crippen molar-refractivity contribution in [2.45, 2.75) is 84.0 Å². The Labute approximate surface area is 116 Å². The highest BCUT2D eigenvalue weighted by molar-refractivity contribution is 4.84. The van der Waals surface area contributed by atoms with Crippen LogP contribution in [0.1, 0.15) is 84.0 Å². The minimum atomic E-state index is 0.929. The molecule has 0 aliphatic rings. The van der Waals surface area contributed by atoms with E-state index in [0.29, 0.717) is 0 Å². The summed E-state index contributed by atoms with van der Waals surface area (Å²) < 4.78 is 0. The molecule has 0 amide bonds. The molecule has 0 heterocycles. The predicted octanol–water partition coefficient (Wildman–Crippen LogP) is 6.63. The number of allylic oxidation sites excluding steroid dienone is 4. The molecule has 0 unspecified atom stereocenters. The van der Waals surface area contributed by atoms with Crippen LogP contribution in [-0.2, 0) is 0 Å². The number of unbranched alkanes of at least 4 members (excludes halogenated alkanes) is 9. The Morgan fingerprint density at radius 3 is 1.61 bits per heavy atom. The van der Waals surface area contributed by atoms with E-state index in [9.17, 15) is 0 Å². The molecule has 18 heavy (non-hydrogen) atoms. The fourth-order valence-electron chi connectivity index (χ4n) is 2.04. The maximum absolute atomic E-state index is 3.79. The summed E-state index contributed by atoms with van der Waals surface area (Å²) in [5, 5.41) is 0. The lowest BCUT2D eigenvalue weighted by atomic mass is 10.1. The Morgan fingerprint density at radius 2 is 1.06 bits per heavy atom. The van der Waals surface area contributed by atoms with Crippen LogP contribution in [0.25, 0.3) is 0 Å². The molecule has 0 rings (SSSR count). The van der Waals surface area contributed by atoms with E-state index in [1.807, 2.05) is 0 Å². The van der Waals surface area contributed by atoms with Gasteiger partial charge in [-0.1, -0.05) is 63.3 Å². The van der Waals surface area contributed by atoms with E-state index in [1.165, 1.54) is 70.6 Å².